The number of nitrogens with one attached hydrogen (secondary N) is 2. The molecule has 2 fully saturated rings. The first kappa shape index (κ1) is 14.4. The molecule has 2 bridgehead atoms. The predicted octanol–water partition coefficient (Wildman–Crippen LogP) is 2.76. The van der Waals surface area contributed by atoms with Gasteiger partial charge in [-0.15, -0.1) is 0 Å². The molecule has 2 saturated heterocycles. The summed E-state index contributed by atoms with van der Waals surface area (Å²) < 4.78 is 0. The minimum Gasteiger partial charge on any atom is -0.349 e. The molecule has 3 heterocycles. The van der Waals surface area contributed by atoms with Gasteiger partial charge < -0.3 is 10.6 Å². The number of hydrogen-bond acceptors (Lipinski definition) is 3. The lowest BCUT2D eigenvalue weighted by molar-refractivity contribution is 0.0923. The van der Waals surface area contributed by atoms with Crippen molar-refractivity contribution in [3.05, 3.63) is 54.4 Å². The molecule has 2 atom stereocenters. The van der Waals surface area contributed by atoms with E-state index in [0.717, 1.165) is 24.0 Å². The van der Waals surface area contributed by atoms with E-state index >= 15 is 0 Å². The van der Waals surface area contributed by atoms with Crippen molar-refractivity contribution in [1.29, 1.82) is 0 Å². The molecule has 1 aromatic heterocycles. The first-order valence-corrected chi connectivity index (χ1v) is 8.35. The SMILES string of the molecule is O=C(NC1CC2CCC(C1)N2)c1cncc(-c2ccccc2)c1. The molecule has 4 heteroatoms. The summed E-state index contributed by atoms with van der Waals surface area (Å²) in [6.45, 7) is 0. The van der Waals surface area contributed by atoms with E-state index in [1.165, 1.54) is 12.8 Å². The zero-order valence-corrected chi connectivity index (χ0v) is 13.0. The van der Waals surface area contributed by atoms with E-state index in [0.29, 0.717) is 17.6 Å². The molecule has 4 nitrogen and oxygen atoms in total. The van der Waals surface area contributed by atoms with Crippen molar-refractivity contribution in [2.75, 3.05) is 0 Å². The number of benzene rings is 1. The van der Waals surface area contributed by atoms with Gasteiger partial charge in [-0.3, -0.25) is 9.78 Å². The van der Waals surface area contributed by atoms with Gasteiger partial charge >= 0.3 is 0 Å². The number of pyridine rings is 1. The lowest BCUT2D eigenvalue weighted by Crippen LogP contribution is -2.48. The summed E-state index contributed by atoms with van der Waals surface area (Å²) in [4.78, 5) is 16.8. The number of nitrogens with zero attached hydrogens (tertiary/aromatic N) is 1. The standard InChI is InChI=1S/C19H21N3O/c23-19(22-18-9-16-6-7-17(10-18)21-16)15-8-14(11-20-12-15)13-4-2-1-3-5-13/h1-5,8,11-12,16-18,21H,6-7,9-10H2,(H,22,23). The molecule has 1 aromatic carbocycles. The van der Waals surface area contributed by atoms with E-state index in [1.807, 2.05) is 36.4 Å². The van der Waals surface area contributed by atoms with Crippen LogP contribution in [0.5, 0.6) is 0 Å². The minimum atomic E-state index is -0.0124. The van der Waals surface area contributed by atoms with E-state index < -0.39 is 0 Å². The number of aromatic nitrogens is 1. The van der Waals surface area contributed by atoms with E-state index in [2.05, 4.69) is 15.6 Å². The Morgan fingerprint density at radius 3 is 2.52 bits per heavy atom. The second kappa shape index (κ2) is 6.13. The highest BCUT2D eigenvalue weighted by Crippen LogP contribution is 2.27. The average Bonchev–Trinajstić information content (AvgIpc) is 2.94. The van der Waals surface area contributed by atoms with Crippen LogP contribution in [0, 0.1) is 0 Å². The summed E-state index contributed by atoms with van der Waals surface area (Å²) in [6, 6.07) is 13.4. The van der Waals surface area contributed by atoms with Crippen LogP contribution in [0.4, 0.5) is 0 Å². The molecule has 118 valence electrons. The summed E-state index contributed by atoms with van der Waals surface area (Å²) in [5.41, 5.74) is 2.69. The molecule has 0 radical (unpaired) electrons. The Morgan fingerprint density at radius 2 is 1.78 bits per heavy atom. The summed E-state index contributed by atoms with van der Waals surface area (Å²) in [7, 11) is 0. The fraction of sp³-hybridized carbons (Fsp3) is 0.368. The van der Waals surface area contributed by atoms with Crippen LogP contribution in [-0.2, 0) is 0 Å². The van der Waals surface area contributed by atoms with Crippen molar-refractivity contribution in [1.82, 2.24) is 15.6 Å². The molecule has 0 saturated carbocycles. The van der Waals surface area contributed by atoms with Gasteiger partial charge in [0.15, 0.2) is 0 Å². The second-order valence-electron chi connectivity index (χ2n) is 6.61. The minimum absolute atomic E-state index is 0.0124. The lowest BCUT2D eigenvalue weighted by Gasteiger charge is -2.29. The summed E-state index contributed by atoms with van der Waals surface area (Å²) >= 11 is 0. The lowest BCUT2D eigenvalue weighted by atomic mass is 9.99. The van der Waals surface area contributed by atoms with Gasteiger partial charge in [-0.25, -0.2) is 0 Å². The number of hydrogen-bond donors (Lipinski definition) is 2. The maximum atomic E-state index is 12.6. The molecule has 2 aliphatic rings. The molecule has 2 unspecified atom stereocenters. The molecule has 0 aliphatic carbocycles. The molecular formula is C19H21N3O. The first-order chi connectivity index (χ1) is 11.3. The normalized spacial score (nSPS) is 26.0. The Kier molecular flexibility index (Phi) is 3.83. The molecule has 1 amide bonds. The zero-order chi connectivity index (χ0) is 15.6. The van der Waals surface area contributed by atoms with Crippen molar-refractivity contribution >= 4 is 5.91 Å². The van der Waals surface area contributed by atoms with Crippen LogP contribution in [0.1, 0.15) is 36.0 Å². The molecule has 0 spiro atoms. The van der Waals surface area contributed by atoms with Crippen molar-refractivity contribution in [3.63, 3.8) is 0 Å². The van der Waals surface area contributed by atoms with Gasteiger partial charge in [0.25, 0.3) is 5.91 Å². The molecule has 2 N–H and O–H groups in total. The quantitative estimate of drug-likeness (QED) is 0.917. The van der Waals surface area contributed by atoms with Gasteiger partial charge in [0.2, 0.25) is 0 Å². The topological polar surface area (TPSA) is 54.0 Å². The molecular weight excluding hydrogens is 286 g/mol. The van der Waals surface area contributed by atoms with E-state index in [-0.39, 0.29) is 11.9 Å². The Balaban J connectivity index is 1.48. The predicted molar refractivity (Wildman–Crippen MR) is 90.1 cm³/mol. The van der Waals surface area contributed by atoms with Gasteiger partial charge in [-0.1, -0.05) is 30.3 Å². The Hall–Kier alpha value is -2.20. The zero-order valence-electron chi connectivity index (χ0n) is 13.0. The van der Waals surface area contributed by atoms with Crippen LogP contribution in [-0.4, -0.2) is 29.0 Å². The highest BCUT2D eigenvalue weighted by molar-refractivity contribution is 5.95. The molecule has 2 aliphatic heterocycles. The highest BCUT2D eigenvalue weighted by Gasteiger charge is 2.34. The molecule has 2 aromatic rings. The van der Waals surface area contributed by atoms with Crippen molar-refractivity contribution in [2.45, 2.75) is 43.8 Å². The highest BCUT2D eigenvalue weighted by atomic mass is 16.1. The molecule has 23 heavy (non-hydrogen) atoms. The van der Waals surface area contributed by atoms with Crippen molar-refractivity contribution < 1.29 is 4.79 Å². The van der Waals surface area contributed by atoms with E-state index in [4.69, 9.17) is 0 Å². The van der Waals surface area contributed by atoms with Crippen LogP contribution >= 0.6 is 0 Å². The third kappa shape index (κ3) is 3.13. The number of carbonyl (C=O) groups excluding carboxylic acids is 1. The third-order valence-corrected chi connectivity index (χ3v) is 4.92. The Labute approximate surface area is 136 Å². The summed E-state index contributed by atoms with van der Waals surface area (Å²) in [5, 5.41) is 6.80. The average molecular weight is 307 g/mol. The van der Waals surface area contributed by atoms with Crippen LogP contribution in [0.15, 0.2) is 48.8 Å². The fourth-order valence-electron chi connectivity index (χ4n) is 3.80. The van der Waals surface area contributed by atoms with Crippen molar-refractivity contribution in [2.24, 2.45) is 0 Å². The first-order valence-electron chi connectivity index (χ1n) is 8.35. The Morgan fingerprint density at radius 1 is 1.04 bits per heavy atom. The van der Waals surface area contributed by atoms with Crippen LogP contribution in [0.25, 0.3) is 11.1 Å². The second-order valence-corrected chi connectivity index (χ2v) is 6.61. The number of amides is 1. The van der Waals surface area contributed by atoms with Crippen LogP contribution in [0.3, 0.4) is 0 Å². The van der Waals surface area contributed by atoms with E-state index in [9.17, 15) is 4.79 Å². The van der Waals surface area contributed by atoms with Gasteiger partial charge in [-0.2, -0.15) is 0 Å². The monoisotopic (exact) mass is 307 g/mol. The fourth-order valence-corrected chi connectivity index (χ4v) is 3.80. The van der Waals surface area contributed by atoms with Crippen molar-refractivity contribution in [3.8, 4) is 11.1 Å². The largest absolute Gasteiger partial charge is 0.349 e. The number of fused-ring (bicyclic) bond motifs is 2. The van der Waals surface area contributed by atoms with Gasteiger partial charge in [0.05, 0.1) is 5.56 Å². The maximum Gasteiger partial charge on any atom is 0.253 e. The van der Waals surface area contributed by atoms with Gasteiger partial charge in [0.1, 0.15) is 0 Å². The third-order valence-electron chi connectivity index (χ3n) is 4.92. The Bertz CT molecular complexity index is 689. The number of rotatable bonds is 3. The van der Waals surface area contributed by atoms with Gasteiger partial charge in [0, 0.05) is 36.1 Å². The van der Waals surface area contributed by atoms with Crippen LogP contribution < -0.4 is 10.6 Å². The summed E-state index contributed by atoms with van der Waals surface area (Å²) in [5.74, 6) is -0.0124. The number of carbonyl (C=O) groups is 1. The van der Waals surface area contributed by atoms with Gasteiger partial charge in [-0.05, 0) is 37.3 Å². The molecule has 4 rings (SSSR count). The van der Waals surface area contributed by atoms with E-state index in [1.54, 1.807) is 12.4 Å². The smallest absolute Gasteiger partial charge is 0.253 e. The maximum absolute atomic E-state index is 12.6. The number of piperidine rings is 1. The van der Waals surface area contributed by atoms with Crippen LogP contribution in [0.2, 0.25) is 0 Å². The summed E-state index contributed by atoms with van der Waals surface area (Å²) in [6.07, 6.45) is 8.00.